The quantitative estimate of drug-likeness (QED) is 0.611. The van der Waals surface area contributed by atoms with Crippen LogP contribution in [0.4, 0.5) is 0 Å². The molecule has 3 nitrogen and oxygen atoms in total. The van der Waals surface area contributed by atoms with E-state index in [0.717, 1.165) is 12.1 Å². The molecule has 0 aromatic rings. The molecule has 0 spiro atoms. The fourth-order valence-corrected chi connectivity index (χ4v) is 2.49. The maximum absolute atomic E-state index is 11.8. The lowest BCUT2D eigenvalue weighted by Crippen LogP contribution is -2.44. The van der Waals surface area contributed by atoms with E-state index in [2.05, 4.69) is 24.4 Å². The average Bonchev–Trinajstić information content (AvgIpc) is 2.28. The molecule has 1 N–H and O–H groups in total. The molecule has 0 unspecified atom stereocenters. The molecular weight excluding hydrogens is 164 g/mol. The number of carbonyl (C=O) groups is 1. The maximum atomic E-state index is 11.8. The van der Waals surface area contributed by atoms with Crippen LogP contribution in [0.2, 0.25) is 0 Å². The minimum Gasteiger partial charge on any atom is -0.306 e. The van der Waals surface area contributed by atoms with Gasteiger partial charge in [-0.3, -0.25) is 4.79 Å². The number of hydrazone groups is 1. The molecule has 72 valence electrons. The van der Waals surface area contributed by atoms with Crippen LogP contribution >= 0.6 is 0 Å². The third-order valence-corrected chi connectivity index (χ3v) is 3.03. The second-order valence-corrected chi connectivity index (χ2v) is 4.98. The summed E-state index contributed by atoms with van der Waals surface area (Å²) in [6.07, 6.45) is 1.74. The molecule has 0 aromatic heterocycles. The lowest BCUT2D eigenvalue weighted by atomic mass is 9.69. The maximum Gasteiger partial charge on any atom is 0.144 e. The highest BCUT2D eigenvalue weighted by atomic mass is 16.1. The van der Waals surface area contributed by atoms with E-state index in [1.165, 1.54) is 0 Å². The van der Waals surface area contributed by atoms with Crippen molar-refractivity contribution in [2.45, 2.75) is 39.7 Å². The predicted molar refractivity (Wildman–Crippen MR) is 51.5 cm³/mol. The third-order valence-electron chi connectivity index (χ3n) is 3.03. The molecule has 0 amide bonds. The van der Waals surface area contributed by atoms with E-state index in [1.54, 1.807) is 0 Å². The van der Waals surface area contributed by atoms with Gasteiger partial charge in [-0.05, 0) is 18.8 Å². The van der Waals surface area contributed by atoms with E-state index in [-0.39, 0.29) is 17.4 Å². The molecule has 3 heteroatoms. The molecule has 2 aliphatic rings. The zero-order chi connectivity index (χ0) is 9.64. The molecule has 13 heavy (non-hydrogen) atoms. The first-order chi connectivity index (χ1) is 5.99. The average molecular weight is 180 g/mol. The number of carbonyl (C=O) groups excluding carboxylic acids is 1. The summed E-state index contributed by atoms with van der Waals surface area (Å²) < 4.78 is 0. The zero-order valence-electron chi connectivity index (χ0n) is 8.42. The Hall–Kier alpha value is -0.860. The van der Waals surface area contributed by atoms with Crippen molar-refractivity contribution in [1.29, 1.82) is 0 Å². The van der Waals surface area contributed by atoms with Crippen molar-refractivity contribution >= 4 is 11.5 Å². The van der Waals surface area contributed by atoms with Crippen molar-refractivity contribution < 1.29 is 4.79 Å². The first kappa shape index (κ1) is 8.73. The topological polar surface area (TPSA) is 41.5 Å². The number of rotatable bonds is 0. The standard InChI is InChI=1S/C10H16N2O/c1-6-9-7(12-11-6)4-10(2,3)5-8(9)13/h7,9,12H,4-5H2,1-3H3/t7-,9-/m1/s1. The number of hydrogen-bond donors (Lipinski definition) is 1. The summed E-state index contributed by atoms with van der Waals surface area (Å²) in [7, 11) is 0. The highest BCUT2D eigenvalue weighted by Gasteiger charge is 2.44. The van der Waals surface area contributed by atoms with Crippen LogP contribution in [0.25, 0.3) is 0 Å². The second kappa shape index (κ2) is 2.56. The Bertz CT molecular complexity index is 281. The molecule has 0 saturated heterocycles. The van der Waals surface area contributed by atoms with Gasteiger partial charge in [-0.2, -0.15) is 5.10 Å². The molecule has 1 heterocycles. The molecule has 0 bridgehead atoms. The van der Waals surface area contributed by atoms with E-state index >= 15 is 0 Å². The Balaban J connectivity index is 2.22. The minimum atomic E-state index is 0.0630. The molecule has 0 radical (unpaired) electrons. The predicted octanol–water partition coefficient (Wildman–Crippen LogP) is 1.34. The minimum absolute atomic E-state index is 0.0630. The monoisotopic (exact) mass is 180 g/mol. The lowest BCUT2D eigenvalue weighted by molar-refractivity contribution is -0.126. The SMILES string of the molecule is CC1=NN[C@@H]2CC(C)(C)CC(=O)[C@H]12. The van der Waals surface area contributed by atoms with Crippen molar-refractivity contribution in [3.05, 3.63) is 0 Å². The summed E-state index contributed by atoms with van der Waals surface area (Å²) in [4.78, 5) is 11.8. The normalized spacial score (nSPS) is 36.5. The Kier molecular flexibility index (Phi) is 1.72. The first-order valence-electron chi connectivity index (χ1n) is 4.82. The van der Waals surface area contributed by atoms with Crippen LogP contribution < -0.4 is 5.43 Å². The van der Waals surface area contributed by atoms with Gasteiger partial charge in [0.05, 0.1) is 12.0 Å². The first-order valence-corrected chi connectivity index (χ1v) is 4.82. The third kappa shape index (κ3) is 1.36. The lowest BCUT2D eigenvalue weighted by Gasteiger charge is -2.35. The van der Waals surface area contributed by atoms with Crippen LogP contribution in [0, 0.1) is 11.3 Å². The van der Waals surface area contributed by atoms with Crippen molar-refractivity contribution in [3.8, 4) is 0 Å². The van der Waals surface area contributed by atoms with Gasteiger partial charge < -0.3 is 5.43 Å². The Morgan fingerprint density at radius 1 is 1.54 bits per heavy atom. The number of hydrogen-bond acceptors (Lipinski definition) is 3. The number of nitrogens with zero attached hydrogens (tertiary/aromatic N) is 1. The molecule has 1 fully saturated rings. The van der Waals surface area contributed by atoms with Crippen molar-refractivity contribution in [2.75, 3.05) is 0 Å². The molecule has 1 aliphatic heterocycles. The second-order valence-electron chi connectivity index (χ2n) is 4.98. The summed E-state index contributed by atoms with van der Waals surface area (Å²) in [6.45, 7) is 6.24. The Morgan fingerprint density at radius 2 is 2.23 bits per heavy atom. The number of Topliss-reactive ketones (excluding diaryl/α,β-unsaturated/α-hetero) is 1. The summed E-state index contributed by atoms with van der Waals surface area (Å²) >= 11 is 0. The van der Waals surface area contributed by atoms with Gasteiger partial charge in [-0.1, -0.05) is 13.8 Å². The van der Waals surface area contributed by atoms with Crippen LogP contribution in [0.15, 0.2) is 5.10 Å². The molecular formula is C10H16N2O. The van der Waals surface area contributed by atoms with Gasteiger partial charge in [0.15, 0.2) is 0 Å². The van der Waals surface area contributed by atoms with Crippen LogP contribution in [0.5, 0.6) is 0 Å². The zero-order valence-corrected chi connectivity index (χ0v) is 8.42. The summed E-state index contributed by atoms with van der Waals surface area (Å²) in [6, 6.07) is 0.260. The van der Waals surface area contributed by atoms with Gasteiger partial charge in [0.2, 0.25) is 0 Å². The smallest absolute Gasteiger partial charge is 0.144 e. The Morgan fingerprint density at radius 3 is 2.92 bits per heavy atom. The largest absolute Gasteiger partial charge is 0.306 e. The molecule has 0 aromatic carbocycles. The molecule has 2 atom stereocenters. The summed E-state index contributed by atoms with van der Waals surface area (Å²) in [5.74, 6) is 0.417. The fourth-order valence-electron chi connectivity index (χ4n) is 2.49. The van der Waals surface area contributed by atoms with Gasteiger partial charge in [-0.15, -0.1) is 0 Å². The van der Waals surface area contributed by atoms with Crippen molar-refractivity contribution in [3.63, 3.8) is 0 Å². The van der Waals surface area contributed by atoms with Gasteiger partial charge in [-0.25, -0.2) is 0 Å². The molecule has 1 aliphatic carbocycles. The van der Waals surface area contributed by atoms with E-state index in [0.29, 0.717) is 12.2 Å². The van der Waals surface area contributed by atoms with Gasteiger partial charge >= 0.3 is 0 Å². The highest BCUT2D eigenvalue weighted by molar-refractivity contribution is 6.06. The van der Waals surface area contributed by atoms with Crippen LogP contribution in [-0.4, -0.2) is 17.5 Å². The van der Waals surface area contributed by atoms with E-state index in [4.69, 9.17) is 0 Å². The Labute approximate surface area is 78.6 Å². The van der Waals surface area contributed by atoms with E-state index in [9.17, 15) is 4.79 Å². The molecule has 1 saturated carbocycles. The number of fused-ring (bicyclic) bond motifs is 1. The van der Waals surface area contributed by atoms with Gasteiger partial charge in [0.25, 0.3) is 0 Å². The highest BCUT2D eigenvalue weighted by Crippen LogP contribution is 2.38. The van der Waals surface area contributed by atoms with Crippen LogP contribution in [-0.2, 0) is 4.79 Å². The number of ketones is 1. The van der Waals surface area contributed by atoms with E-state index < -0.39 is 0 Å². The van der Waals surface area contributed by atoms with Crippen LogP contribution in [0.3, 0.4) is 0 Å². The van der Waals surface area contributed by atoms with Gasteiger partial charge in [0.1, 0.15) is 5.78 Å². The van der Waals surface area contributed by atoms with Crippen molar-refractivity contribution in [2.24, 2.45) is 16.4 Å². The molecule has 2 rings (SSSR count). The van der Waals surface area contributed by atoms with Gasteiger partial charge in [0, 0.05) is 12.1 Å². The fraction of sp³-hybridized carbons (Fsp3) is 0.800. The summed E-state index contributed by atoms with van der Waals surface area (Å²) in [5.41, 5.74) is 4.17. The van der Waals surface area contributed by atoms with Crippen molar-refractivity contribution in [1.82, 2.24) is 5.43 Å². The van der Waals surface area contributed by atoms with Crippen LogP contribution in [0.1, 0.15) is 33.6 Å². The number of nitrogens with one attached hydrogen (secondary N) is 1. The van der Waals surface area contributed by atoms with E-state index in [1.807, 2.05) is 6.92 Å². The summed E-state index contributed by atoms with van der Waals surface area (Å²) in [5, 5.41) is 4.14.